The first kappa shape index (κ1) is 19.0. The van der Waals surface area contributed by atoms with Gasteiger partial charge in [-0.25, -0.2) is 0 Å². The van der Waals surface area contributed by atoms with Crippen LogP contribution in [-0.4, -0.2) is 56.8 Å². The fourth-order valence-electron chi connectivity index (χ4n) is 2.81. The van der Waals surface area contributed by atoms with E-state index in [0.717, 1.165) is 22.2 Å². The van der Waals surface area contributed by atoms with Gasteiger partial charge in [0.25, 0.3) is 11.1 Å². The summed E-state index contributed by atoms with van der Waals surface area (Å²) in [4.78, 5) is 38.0. The van der Waals surface area contributed by atoms with Crippen LogP contribution < -0.4 is 14.8 Å². The van der Waals surface area contributed by atoms with Crippen LogP contribution in [0.15, 0.2) is 35.5 Å². The van der Waals surface area contributed by atoms with Crippen LogP contribution in [0.4, 0.5) is 4.79 Å². The van der Waals surface area contributed by atoms with E-state index in [-0.39, 0.29) is 43.4 Å². The third-order valence-corrected chi connectivity index (χ3v) is 5.17. The SMILES string of the molecule is O=C(CCn1ccnn1)NCCN1C(=O)S/C(=C\c2ccc3c(c2)OCO3)C1=O. The van der Waals surface area contributed by atoms with Gasteiger partial charge >= 0.3 is 0 Å². The molecule has 3 amide bonds. The number of nitrogens with one attached hydrogen (secondary N) is 1. The maximum absolute atomic E-state index is 12.5. The van der Waals surface area contributed by atoms with Gasteiger partial charge < -0.3 is 14.8 Å². The summed E-state index contributed by atoms with van der Waals surface area (Å²) in [6.07, 6.45) is 5.08. The monoisotopic (exact) mass is 415 g/mol. The number of nitrogens with zero attached hydrogens (tertiary/aromatic N) is 4. The zero-order valence-electron chi connectivity index (χ0n) is 15.2. The summed E-state index contributed by atoms with van der Waals surface area (Å²) < 4.78 is 12.1. The molecule has 0 saturated carbocycles. The van der Waals surface area contributed by atoms with E-state index in [1.54, 1.807) is 35.2 Å². The number of aromatic nitrogens is 3. The molecule has 2 aliphatic heterocycles. The van der Waals surface area contributed by atoms with E-state index in [2.05, 4.69) is 15.6 Å². The van der Waals surface area contributed by atoms with E-state index in [4.69, 9.17) is 9.47 Å². The van der Waals surface area contributed by atoms with Crippen molar-refractivity contribution in [2.24, 2.45) is 0 Å². The number of carbonyl (C=O) groups excluding carboxylic acids is 3. The third kappa shape index (κ3) is 4.40. The maximum atomic E-state index is 12.5. The Morgan fingerprint density at radius 2 is 2.10 bits per heavy atom. The van der Waals surface area contributed by atoms with Crippen molar-refractivity contribution < 1.29 is 23.9 Å². The highest BCUT2D eigenvalue weighted by molar-refractivity contribution is 8.18. The highest BCUT2D eigenvalue weighted by atomic mass is 32.2. The van der Waals surface area contributed by atoms with Crippen LogP contribution in [0.3, 0.4) is 0 Å². The minimum Gasteiger partial charge on any atom is -0.454 e. The number of amides is 3. The van der Waals surface area contributed by atoms with Crippen molar-refractivity contribution in [3.63, 3.8) is 0 Å². The topological polar surface area (TPSA) is 116 Å². The number of fused-ring (bicyclic) bond motifs is 1. The lowest BCUT2D eigenvalue weighted by Gasteiger charge is -2.13. The summed E-state index contributed by atoms with van der Waals surface area (Å²) in [5.41, 5.74) is 0.737. The summed E-state index contributed by atoms with van der Waals surface area (Å²) in [5.74, 6) is 0.680. The van der Waals surface area contributed by atoms with E-state index < -0.39 is 0 Å². The Kier molecular flexibility index (Phi) is 5.47. The van der Waals surface area contributed by atoms with Crippen LogP contribution in [-0.2, 0) is 16.1 Å². The molecule has 29 heavy (non-hydrogen) atoms. The molecule has 10 nitrogen and oxygen atoms in total. The van der Waals surface area contributed by atoms with Gasteiger partial charge in [-0.1, -0.05) is 11.3 Å². The van der Waals surface area contributed by atoms with Crippen LogP contribution in [0.2, 0.25) is 0 Å². The Labute approximate surface area is 169 Å². The van der Waals surface area contributed by atoms with E-state index in [1.807, 2.05) is 0 Å². The molecular weight excluding hydrogens is 398 g/mol. The largest absolute Gasteiger partial charge is 0.454 e. The average molecular weight is 415 g/mol. The lowest BCUT2D eigenvalue weighted by atomic mass is 10.2. The molecule has 0 unspecified atom stereocenters. The van der Waals surface area contributed by atoms with Crippen molar-refractivity contribution in [3.8, 4) is 11.5 Å². The van der Waals surface area contributed by atoms with Crippen LogP contribution in [0, 0.1) is 0 Å². The quantitative estimate of drug-likeness (QED) is 0.672. The summed E-state index contributed by atoms with van der Waals surface area (Å²) in [6, 6.07) is 5.30. The Bertz CT molecular complexity index is 975. The van der Waals surface area contributed by atoms with Gasteiger partial charge in [0.15, 0.2) is 11.5 Å². The molecule has 0 radical (unpaired) electrons. The standard InChI is InChI=1S/C18H17N5O5S/c24-16(3-6-22-7-5-20-21-22)19-4-8-23-17(25)15(29-18(23)26)10-12-1-2-13-14(9-12)28-11-27-13/h1-2,5,7,9-10H,3-4,6,8,11H2,(H,19,24)/b15-10-. The maximum Gasteiger partial charge on any atom is 0.293 e. The van der Waals surface area contributed by atoms with E-state index in [0.29, 0.717) is 22.9 Å². The molecule has 1 aromatic heterocycles. The molecule has 11 heteroatoms. The van der Waals surface area contributed by atoms with Crippen LogP contribution in [0.1, 0.15) is 12.0 Å². The van der Waals surface area contributed by atoms with Gasteiger partial charge in [0.1, 0.15) is 0 Å². The summed E-state index contributed by atoms with van der Waals surface area (Å²) in [5, 5.41) is 9.78. The molecule has 0 bridgehead atoms. The average Bonchev–Trinajstić information content (AvgIpc) is 3.44. The molecule has 0 spiro atoms. The van der Waals surface area contributed by atoms with Crippen molar-refractivity contribution in [1.29, 1.82) is 0 Å². The number of ether oxygens (including phenoxy) is 2. The second-order valence-corrected chi connectivity index (χ2v) is 7.21. The van der Waals surface area contributed by atoms with E-state index >= 15 is 0 Å². The molecule has 1 fully saturated rings. The molecule has 2 aromatic rings. The molecule has 150 valence electrons. The van der Waals surface area contributed by atoms with Crippen molar-refractivity contribution in [1.82, 2.24) is 25.2 Å². The number of aryl methyl sites for hydroxylation is 1. The van der Waals surface area contributed by atoms with E-state index in [9.17, 15) is 14.4 Å². The second-order valence-electron chi connectivity index (χ2n) is 6.21. The van der Waals surface area contributed by atoms with Gasteiger partial charge in [0.2, 0.25) is 12.7 Å². The number of carbonyl (C=O) groups is 3. The molecule has 1 saturated heterocycles. The predicted octanol–water partition coefficient (Wildman–Crippen LogP) is 1.25. The molecule has 0 atom stereocenters. The van der Waals surface area contributed by atoms with Crippen molar-refractivity contribution in [2.75, 3.05) is 19.9 Å². The van der Waals surface area contributed by atoms with Crippen molar-refractivity contribution >= 4 is 34.9 Å². The summed E-state index contributed by atoms with van der Waals surface area (Å²) in [7, 11) is 0. The van der Waals surface area contributed by atoms with Crippen LogP contribution >= 0.6 is 11.8 Å². The number of rotatable bonds is 7. The molecular formula is C18H17N5O5S. The highest BCUT2D eigenvalue weighted by Gasteiger charge is 2.34. The first-order chi connectivity index (χ1) is 14.1. The second kappa shape index (κ2) is 8.35. The lowest BCUT2D eigenvalue weighted by Crippen LogP contribution is -2.37. The molecule has 1 aromatic carbocycles. The normalized spacial score (nSPS) is 16.7. The first-order valence-corrected chi connectivity index (χ1v) is 9.67. The zero-order chi connectivity index (χ0) is 20.2. The first-order valence-electron chi connectivity index (χ1n) is 8.86. The van der Waals surface area contributed by atoms with Gasteiger partial charge in [0, 0.05) is 25.7 Å². The van der Waals surface area contributed by atoms with Gasteiger partial charge in [-0.05, 0) is 35.5 Å². The lowest BCUT2D eigenvalue weighted by molar-refractivity contribution is -0.124. The fourth-order valence-corrected chi connectivity index (χ4v) is 3.68. The smallest absolute Gasteiger partial charge is 0.293 e. The third-order valence-electron chi connectivity index (χ3n) is 4.27. The Hall–Kier alpha value is -3.34. The molecule has 0 aliphatic carbocycles. The fraction of sp³-hybridized carbons (Fsp3) is 0.278. The van der Waals surface area contributed by atoms with Crippen molar-refractivity contribution in [3.05, 3.63) is 41.1 Å². The van der Waals surface area contributed by atoms with Crippen molar-refractivity contribution in [2.45, 2.75) is 13.0 Å². The molecule has 4 rings (SSSR count). The number of hydrogen-bond donors (Lipinski definition) is 1. The zero-order valence-corrected chi connectivity index (χ0v) is 16.1. The molecule has 2 aliphatic rings. The Morgan fingerprint density at radius 1 is 1.24 bits per heavy atom. The van der Waals surface area contributed by atoms with Gasteiger partial charge in [-0.2, -0.15) is 0 Å². The minimum atomic E-state index is -0.380. The predicted molar refractivity (Wildman–Crippen MR) is 103 cm³/mol. The van der Waals surface area contributed by atoms with Crippen LogP contribution in [0.25, 0.3) is 6.08 Å². The van der Waals surface area contributed by atoms with Gasteiger partial charge in [-0.3, -0.25) is 24.0 Å². The minimum absolute atomic E-state index is 0.109. The van der Waals surface area contributed by atoms with Gasteiger partial charge in [0.05, 0.1) is 17.6 Å². The van der Waals surface area contributed by atoms with Gasteiger partial charge in [-0.15, -0.1) is 5.10 Å². The Morgan fingerprint density at radius 3 is 2.93 bits per heavy atom. The molecule has 1 N–H and O–H groups in total. The number of hydrogen-bond acceptors (Lipinski definition) is 8. The number of thioether (sulfide) groups is 1. The molecule has 3 heterocycles. The highest BCUT2D eigenvalue weighted by Crippen LogP contribution is 2.36. The Balaban J connectivity index is 1.29. The van der Waals surface area contributed by atoms with Crippen LogP contribution in [0.5, 0.6) is 11.5 Å². The van der Waals surface area contributed by atoms with E-state index in [1.165, 1.54) is 6.20 Å². The summed E-state index contributed by atoms with van der Waals surface area (Å²) in [6.45, 7) is 0.870. The number of imide groups is 1. The summed E-state index contributed by atoms with van der Waals surface area (Å²) >= 11 is 0.872. The number of benzene rings is 1.